The lowest BCUT2D eigenvalue weighted by molar-refractivity contribution is -0.138. The highest BCUT2D eigenvalue weighted by Crippen LogP contribution is 2.37. The van der Waals surface area contributed by atoms with Crippen molar-refractivity contribution in [2.75, 3.05) is 0 Å². The molecule has 6 nitrogen and oxygen atoms in total. The summed E-state index contributed by atoms with van der Waals surface area (Å²) in [6.07, 6.45) is 3.14. The van der Waals surface area contributed by atoms with Crippen molar-refractivity contribution in [3.63, 3.8) is 0 Å². The maximum Gasteiger partial charge on any atom is 0.303 e. The number of hydrogen-bond acceptors (Lipinski definition) is 5. The summed E-state index contributed by atoms with van der Waals surface area (Å²) in [6, 6.07) is 0. The zero-order valence-electron chi connectivity index (χ0n) is 13.3. The molecule has 0 saturated heterocycles. The van der Waals surface area contributed by atoms with Crippen LogP contribution in [0.5, 0.6) is 0 Å². The average molecular weight is 316 g/mol. The molecule has 128 valence electrons. The van der Waals surface area contributed by atoms with Crippen LogP contribution in [0.25, 0.3) is 0 Å². The first kappa shape index (κ1) is 19.1. The Labute approximate surface area is 131 Å². The van der Waals surface area contributed by atoms with Crippen LogP contribution in [0, 0.1) is 5.92 Å². The van der Waals surface area contributed by atoms with Gasteiger partial charge in [-0.05, 0) is 45.4 Å². The molecule has 0 aromatic rings. The number of aliphatic hydroxyl groups excluding tert-OH is 2. The molecule has 0 aromatic carbocycles. The quantitative estimate of drug-likeness (QED) is 0.423. The Morgan fingerprint density at radius 3 is 2.59 bits per heavy atom. The van der Waals surface area contributed by atoms with E-state index in [0.29, 0.717) is 19.3 Å². The summed E-state index contributed by atoms with van der Waals surface area (Å²) in [4.78, 5) is 10.7. The molecule has 0 heterocycles. The van der Waals surface area contributed by atoms with Gasteiger partial charge in [-0.2, -0.15) is 0 Å². The fourth-order valence-corrected chi connectivity index (χ4v) is 2.90. The number of aliphatic carboxylic acids is 1. The van der Waals surface area contributed by atoms with Gasteiger partial charge in [0.2, 0.25) is 0 Å². The number of carboxylic acids is 1. The van der Waals surface area contributed by atoms with Crippen LogP contribution in [0.15, 0.2) is 12.2 Å². The van der Waals surface area contributed by atoms with E-state index in [1.807, 2.05) is 0 Å². The van der Waals surface area contributed by atoms with Gasteiger partial charge in [-0.1, -0.05) is 12.2 Å². The fraction of sp³-hybridized carbons (Fsp3) is 0.812. The SMILES string of the molecule is CC(C)(O)CCCC(O)C=C[C@]1(O)C[C@@H](CC(=O)O)[C@@H](O)C1. The molecule has 0 radical (unpaired) electrons. The second-order valence-electron chi connectivity index (χ2n) is 7.07. The molecule has 0 spiro atoms. The molecule has 1 saturated carbocycles. The van der Waals surface area contributed by atoms with Crippen molar-refractivity contribution in [2.45, 2.75) is 75.8 Å². The van der Waals surface area contributed by atoms with Gasteiger partial charge in [0.15, 0.2) is 0 Å². The molecule has 0 aliphatic heterocycles. The van der Waals surface area contributed by atoms with Gasteiger partial charge < -0.3 is 25.5 Å². The summed E-state index contributed by atoms with van der Waals surface area (Å²) in [5, 5.41) is 48.4. The predicted octanol–water partition coefficient (Wildman–Crippen LogP) is 0.821. The van der Waals surface area contributed by atoms with E-state index in [2.05, 4.69) is 0 Å². The highest BCUT2D eigenvalue weighted by Gasteiger charge is 2.42. The molecular formula is C16H28O6. The first-order chi connectivity index (χ1) is 10.0. The molecule has 0 bridgehead atoms. The molecule has 0 aromatic heterocycles. The standard InChI is InChI=1S/C16H28O6/c1-15(2,21)6-3-4-12(17)5-7-16(22)9-11(8-14(19)20)13(18)10-16/h5,7,11-13,17-18,21-22H,3-4,6,8-10H2,1-2H3,(H,19,20)/t11-,12?,13+,16+/m1/s1. The van der Waals surface area contributed by atoms with Crippen molar-refractivity contribution in [1.29, 1.82) is 0 Å². The number of carbonyl (C=O) groups is 1. The van der Waals surface area contributed by atoms with E-state index in [1.54, 1.807) is 13.8 Å². The number of hydrogen-bond donors (Lipinski definition) is 5. The second-order valence-corrected chi connectivity index (χ2v) is 7.07. The van der Waals surface area contributed by atoms with E-state index in [-0.39, 0.29) is 19.3 Å². The zero-order chi connectivity index (χ0) is 17.0. The van der Waals surface area contributed by atoms with Gasteiger partial charge in [0, 0.05) is 6.42 Å². The van der Waals surface area contributed by atoms with Crippen LogP contribution in [0.3, 0.4) is 0 Å². The van der Waals surface area contributed by atoms with Crippen molar-refractivity contribution < 1.29 is 30.3 Å². The van der Waals surface area contributed by atoms with Gasteiger partial charge in [0.1, 0.15) is 0 Å². The van der Waals surface area contributed by atoms with E-state index >= 15 is 0 Å². The molecule has 0 amide bonds. The summed E-state index contributed by atoms with van der Waals surface area (Å²) < 4.78 is 0. The molecule has 5 N–H and O–H groups in total. The van der Waals surface area contributed by atoms with E-state index in [1.165, 1.54) is 12.2 Å². The molecule has 6 heteroatoms. The van der Waals surface area contributed by atoms with Crippen LogP contribution < -0.4 is 0 Å². The van der Waals surface area contributed by atoms with Crippen molar-refractivity contribution in [1.82, 2.24) is 0 Å². The van der Waals surface area contributed by atoms with Crippen LogP contribution in [0.1, 0.15) is 52.4 Å². The third kappa shape index (κ3) is 6.87. The van der Waals surface area contributed by atoms with Gasteiger partial charge in [-0.15, -0.1) is 0 Å². The summed E-state index contributed by atoms with van der Waals surface area (Å²) in [5.41, 5.74) is -2.03. The van der Waals surface area contributed by atoms with E-state index in [0.717, 1.165) is 0 Å². The average Bonchev–Trinajstić information content (AvgIpc) is 2.60. The molecule has 4 atom stereocenters. The second kappa shape index (κ2) is 7.55. The third-order valence-corrected chi connectivity index (χ3v) is 4.08. The van der Waals surface area contributed by atoms with Crippen molar-refractivity contribution in [3.05, 3.63) is 12.2 Å². The van der Waals surface area contributed by atoms with Crippen molar-refractivity contribution >= 4 is 5.97 Å². The third-order valence-electron chi connectivity index (χ3n) is 4.08. The monoisotopic (exact) mass is 316 g/mol. The Morgan fingerprint density at radius 1 is 1.41 bits per heavy atom. The summed E-state index contributed by atoms with van der Waals surface area (Å²) in [5.74, 6) is -1.47. The smallest absolute Gasteiger partial charge is 0.303 e. The summed E-state index contributed by atoms with van der Waals surface area (Å²) in [6.45, 7) is 3.42. The lowest BCUT2D eigenvalue weighted by atomic mass is 9.96. The maximum atomic E-state index is 10.7. The Morgan fingerprint density at radius 2 is 2.05 bits per heavy atom. The lowest BCUT2D eigenvalue weighted by Crippen LogP contribution is -2.23. The van der Waals surface area contributed by atoms with Gasteiger partial charge in [0.05, 0.1) is 29.8 Å². The minimum atomic E-state index is -1.27. The van der Waals surface area contributed by atoms with E-state index < -0.39 is 35.3 Å². The van der Waals surface area contributed by atoms with Crippen LogP contribution in [-0.2, 0) is 4.79 Å². The Kier molecular flexibility index (Phi) is 6.55. The van der Waals surface area contributed by atoms with E-state index in [9.17, 15) is 25.2 Å². The Bertz CT molecular complexity index is 400. The molecule has 1 aliphatic carbocycles. The largest absolute Gasteiger partial charge is 0.481 e. The maximum absolute atomic E-state index is 10.7. The predicted molar refractivity (Wildman–Crippen MR) is 81.2 cm³/mol. The Balaban J connectivity index is 2.46. The van der Waals surface area contributed by atoms with Crippen molar-refractivity contribution in [2.24, 2.45) is 5.92 Å². The van der Waals surface area contributed by atoms with Crippen LogP contribution in [0.2, 0.25) is 0 Å². The normalized spacial score (nSPS) is 30.8. The van der Waals surface area contributed by atoms with Gasteiger partial charge in [-0.25, -0.2) is 0 Å². The number of carboxylic acid groups (broad SMARTS) is 1. The van der Waals surface area contributed by atoms with Gasteiger partial charge >= 0.3 is 5.97 Å². The summed E-state index contributed by atoms with van der Waals surface area (Å²) >= 11 is 0. The highest BCUT2D eigenvalue weighted by atomic mass is 16.4. The minimum Gasteiger partial charge on any atom is -0.481 e. The van der Waals surface area contributed by atoms with Crippen LogP contribution in [0.4, 0.5) is 0 Å². The fourth-order valence-electron chi connectivity index (χ4n) is 2.90. The van der Waals surface area contributed by atoms with Crippen LogP contribution in [-0.4, -0.2) is 54.9 Å². The molecule has 1 unspecified atom stereocenters. The Hall–Kier alpha value is -0.950. The van der Waals surface area contributed by atoms with Crippen LogP contribution >= 0.6 is 0 Å². The topological polar surface area (TPSA) is 118 Å². The first-order valence-corrected chi connectivity index (χ1v) is 7.73. The molecular weight excluding hydrogens is 288 g/mol. The number of rotatable bonds is 8. The first-order valence-electron chi connectivity index (χ1n) is 7.73. The molecule has 1 fully saturated rings. The number of aliphatic hydroxyl groups is 4. The highest BCUT2D eigenvalue weighted by molar-refractivity contribution is 5.67. The summed E-state index contributed by atoms with van der Waals surface area (Å²) in [7, 11) is 0. The van der Waals surface area contributed by atoms with Gasteiger partial charge in [-0.3, -0.25) is 4.79 Å². The van der Waals surface area contributed by atoms with E-state index in [4.69, 9.17) is 5.11 Å². The molecule has 22 heavy (non-hydrogen) atoms. The van der Waals surface area contributed by atoms with Gasteiger partial charge in [0.25, 0.3) is 0 Å². The van der Waals surface area contributed by atoms with Crippen molar-refractivity contribution in [3.8, 4) is 0 Å². The minimum absolute atomic E-state index is 0.0812. The zero-order valence-corrected chi connectivity index (χ0v) is 13.3. The molecule has 1 rings (SSSR count). The molecule has 1 aliphatic rings. The lowest BCUT2D eigenvalue weighted by Gasteiger charge is -2.19.